The molecule has 5 nitrogen and oxygen atoms in total. The number of thiazole rings is 1. The summed E-state index contributed by atoms with van der Waals surface area (Å²) in [6.45, 7) is 3.38. The van der Waals surface area contributed by atoms with Crippen molar-refractivity contribution >= 4 is 49.9 Å². The van der Waals surface area contributed by atoms with Crippen LogP contribution in [0.1, 0.15) is 18.2 Å². The summed E-state index contributed by atoms with van der Waals surface area (Å²) < 4.78 is 1.000. The largest absolute Gasteiger partial charge is 0.326 e. The minimum absolute atomic E-state index is 0.142. The van der Waals surface area contributed by atoms with Crippen LogP contribution in [-0.4, -0.2) is 16.8 Å². The van der Waals surface area contributed by atoms with Crippen LogP contribution in [0.2, 0.25) is 0 Å². The first-order chi connectivity index (χ1) is 9.94. The van der Waals surface area contributed by atoms with Crippen molar-refractivity contribution in [2.75, 3.05) is 10.6 Å². The number of anilines is 2. The number of aryl methyl sites for hydroxylation is 1. The van der Waals surface area contributed by atoms with Crippen molar-refractivity contribution in [1.82, 2.24) is 4.98 Å². The minimum atomic E-state index is -0.175. The van der Waals surface area contributed by atoms with Gasteiger partial charge in [0.15, 0.2) is 5.13 Å². The molecule has 0 bridgehead atoms. The quantitative estimate of drug-likeness (QED) is 0.870. The Morgan fingerprint density at radius 3 is 2.76 bits per heavy atom. The summed E-state index contributed by atoms with van der Waals surface area (Å²) in [5.41, 5.74) is 2.43. The van der Waals surface area contributed by atoms with Crippen LogP contribution in [0.5, 0.6) is 0 Å². The van der Waals surface area contributed by atoms with E-state index in [1.807, 2.05) is 25.1 Å². The van der Waals surface area contributed by atoms with E-state index in [-0.39, 0.29) is 18.2 Å². The average molecular weight is 368 g/mol. The lowest BCUT2D eigenvalue weighted by Crippen LogP contribution is -2.14. The fourth-order valence-corrected chi connectivity index (χ4v) is 2.69. The van der Waals surface area contributed by atoms with E-state index in [4.69, 9.17) is 0 Å². The van der Waals surface area contributed by atoms with Gasteiger partial charge < -0.3 is 10.6 Å². The molecule has 1 aromatic carbocycles. The van der Waals surface area contributed by atoms with Gasteiger partial charge in [-0.1, -0.05) is 15.9 Å². The molecule has 0 aliphatic heterocycles. The van der Waals surface area contributed by atoms with Crippen molar-refractivity contribution in [3.05, 3.63) is 39.3 Å². The van der Waals surface area contributed by atoms with Crippen molar-refractivity contribution < 1.29 is 9.59 Å². The molecule has 2 N–H and O–H groups in total. The predicted molar refractivity (Wildman–Crippen MR) is 87.6 cm³/mol. The van der Waals surface area contributed by atoms with Gasteiger partial charge in [0.1, 0.15) is 0 Å². The van der Waals surface area contributed by atoms with E-state index < -0.39 is 0 Å². The van der Waals surface area contributed by atoms with Gasteiger partial charge in [-0.3, -0.25) is 9.59 Å². The molecule has 7 heteroatoms. The van der Waals surface area contributed by atoms with Crippen LogP contribution < -0.4 is 10.6 Å². The number of hydrogen-bond donors (Lipinski definition) is 2. The van der Waals surface area contributed by atoms with Crippen molar-refractivity contribution in [1.29, 1.82) is 0 Å². The van der Waals surface area contributed by atoms with E-state index in [0.29, 0.717) is 10.8 Å². The number of rotatable bonds is 4. The summed E-state index contributed by atoms with van der Waals surface area (Å²) in [6, 6.07) is 5.62. The first-order valence-corrected chi connectivity index (χ1v) is 7.89. The van der Waals surface area contributed by atoms with E-state index in [2.05, 4.69) is 31.5 Å². The lowest BCUT2D eigenvalue weighted by atomic mass is 10.2. The van der Waals surface area contributed by atoms with Crippen LogP contribution in [0.4, 0.5) is 10.8 Å². The van der Waals surface area contributed by atoms with Crippen LogP contribution in [0, 0.1) is 6.92 Å². The number of benzene rings is 1. The highest BCUT2D eigenvalue weighted by Crippen LogP contribution is 2.20. The van der Waals surface area contributed by atoms with Gasteiger partial charge >= 0.3 is 0 Å². The maximum Gasteiger partial charge on any atom is 0.230 e. The number of nitrogens with zero attached hydrogens (tertiary/aromatic N) is 1. The van der Waals surface area contributed by atoms with E-state index >= 15 is 0 Å². The Morgan fingerprint density at radius 2 is 2.10 bits per heavy atom. The summed E-state index contributed by atoms with van der Waals surface area (Å²) in [6.07, 6.45) is 0.172. The molecule has 0 unspecified atom stereocenters. The highest BCUT2D eigenvalue weighted by atomic mass is 79.9. The lowest BCUT2D eigenvalue weighted by Gasteiger charge is -2.06. The molecular formula is C14H14BrN3O2S. The van der Waals surface area contributed by atoms with Crippen LogP contribution in [0.3, 0.4) is 0 Å². The number of carbonyl (C=O) groups is 2. The van der Waals surface area contributed by atoms with Crippen LogP contribution in [0.25, 0.3) is 0 Å². The Bertz CT molecular complexity index is 685. The standard InChI is InChI=1S/C14H14BrN3O2S/c1-8-5-10(3-4-12(8)15)17-13(20)6-11-7-21-14(18-11)16-9(2)19/h3-5,7H,6H2,1-2H3,(H,17,20)(H,16,18,19). The molecule has 0 aliphatic rings. The number of hydrogen-bond acceptors (Lipinski definition) is 4. The maximum atomic E-state index is 12.0. The summed E-state index contributed by atoms with van der Waals surface area (Å²) in [5.74, 6) is -0.318. The summed E-state index contributed by atoms with van der Waals surface area (Å²) in [4.78, 5) is 27.1. The van der Waals surface area contributed by atoms with E-state index in [1.165, 1.54) is 18.3 Å². The van der Waals surface area contributed by atoms with Crippen LogP contribution in [-0.2, 0) is 16.0 Å². The second-order valence-corrected chi connectivity index (χ2v) is 6.23. The van der Waals surface area contributed by atoms with Gasteiger partial charge in [-0.25, -0.2) is 4.98 Å². The summed E-state index contributed by atoms with van der Waals surface area (Å²) in [7, 11) is 0. The zero-order chi connectivity index (χ0) is 15.4. The van der Waals surface area contributed by atoms with Crippen molar-refractivity contribution in [3.63, 3.8) is 0 Å². The van der Waals surface area contributed by atoms with Crippen molar-refractivity contribution in [2.24, 2.45) is 0 Å². The Labute approximate surface area is 134 Å². The predicted octanol–water partition coefficient (Wildman–Crippen LogP) is 3.35. The molecule has 1 aromatic heterocycles. The van der Waals surface area contributed by atoms with E-state index in [0.717, 1.165) is 15.7 Å². The third kappa shape index (κ3) is 4.64. The van der Waals surface area contributed by atoms with Gasteiger partial charge in [0, 0.05) is 22.5 Å². The Kier molecular flexibility index (Phi) is 5.08. The van der Waals surface area contributed by atoms with E-state index in [1.54, 1.807) is 5.38 Å². The van der Waals surface area contributed by atoms with Gasteiger partial charge in [0.05, 0.1) is 12.1 Å². The van der Waals surface area contributed by atoms with Crippen LogP contribution >= 0.6 is 27.3 Å². The number of aromatic nitrogens is 1. The number of nitrogens with one attached hydrogen (secondary N) is 2. The summed E-state index contributed by atoms with van der Waals surface area (Å²) >= 11 is 4.72. The maximum absolute atomic E-state index is 12.0. The highest BCUT2D eigenvalue weighted by Gasteiger charge is 2.09. The normalized spacial score (nSPS) is 10.2. The highest BCUT2D eigenvalue weighted by molar-refractivity contribution is 9.10. The molecule has 21 heavy (non-hydrogen) atoms. The van der Waals surface area contributed by atoms with Crippen molar-refractivity contribution in [2.45, 2.75) is 20.3 Å². The van der Waals surface area contributed by atoms with Gasteiger partial charge in [-0.05, 0) is 30.7 Å². The fraction of sp³-hybridized carbons (Fsp3) is 0.214. The number of carbonyl (C=O) groups excluding carboxylic acids is 2. The van der Waals surface area contributed by atoms with Gasteiger partial charge in [-0.15, -0.1) is 11.3 Å². The molecule has 1 heterocycles. The fourth-order valence-electron chi connectivity index (χ4n) is 1.69. The monoisotopic (exact) mass is 367 g/mol. The molecular weight excluding hydrogens is 354 g/mol. The average Bonchev–Trinajstić information content (AvgIpc) is 2.80. The van der Waals surface area contributed by atoms with Gasteiger partial charge in [-0.2, -0.15) is 0 Å². The molecule has 0 spiro atoms. The molecule has 2 aromatic rings. The minimum Gasteiger partial charge on any atom is -0.326 e. The van der Waals surface area contributed by atoms with Gasteiger partial charge in [0.2, 0.25) is 11.8 Å². The molecule has 2 amide bonds. The second-order valence-electron chi connectivity index (χ2n) is 4.51. The van der Waals surface area contributed by atoms with E-state index in [9.17, 15) is 9.59 Å². The molecule has 0 fully saturated rings. The van der Waals surface area contributed by atoms with Crippen LogP contribution in [0.15, 0.2) is 28.1 Å². The molecule has 0 saturated heterocycles. The first kappa shape index (κ1) is 15.7. The first-order valence-electron chi connectivity index (χ1n) is 6.22. The molecule has 110 valence electrons. The lowest BCUT2D eigenvalue weighted by molar-refractivity contribution is -0.116. The number of halogens is 1. The topological polar surface area (TPSA) is 71.1 Å². The Balaban J connectivity index is 1.96. The smallest absolute Gasteiger partial charge is 0.230 e. The molecule has 0 saturated carbocycles. The zero-order valence-corrected chi connectivity index (χ0v) is 14.0. The summed E-state index contributed by atoms with van der Waals surface area (Å²) in [5, 5.41) is 7.69. The third-order valence-electron chi connectivity index (χ3n) is 2.62. The SMILES string of the molecule is CC(=O)Nc1nc(CC(=O)Nc2ccc(Br)c(C)c2)cs1. The third-order valence-corrected chi connectivity index (χ3v) is 4.31. The zero-order valence-electron chi connectivity index (χ0n) is 11.6. The van der Waals surface area contributed by atoms with Gasteiger partial charge in [0.25, 0.3) is 0 Å². The molecule has 0 atom stereocenters. The Hall–Kier alpha value is -1.73. The van der Waals surface area contributed by atoms with Crippen molar-refractivity contribution in [3.8, 4) is 0 Å². The molecule has 2 rings (SSSR count). The Morgan fingerprint density at radius 1 is 1.33 bits per heavy atom. The molecule has 0 radical (unpaired) electrons. The molecule has 0 aliphatic carbocycles. The number of amides is 2. The second kappa shape index (κ2) is 6.82.